The molecule has 0 aliphatic carbocycles. The van der Waals surface area contributed by atoms with Crippen molar-refractivity contribution < 1.29 is 14.3 Å². The number of hydrogen-bond acceptors (Lipinski definition) is 6. The molecule has 32 heavy (non-hydrogen) atoms. The lowest BCUT2D eigenvalue weighted by Gasteiger charge is -2.35. The smallest absolute Gasteiger partial charge is 0.254 e. The lowest BCUT2D eigenvalue weighted by atomic mass is 10.0. The van der Waals surface area contributed by atoms with Crippen LogP contribution in [0.15, 0.2) is 48.5 Å². The summed E-state index contributed by atoms with van der Waals surface area (Å²) < 4.78 is 10.6. The highest BCUT2D eigenvalue weighted by Crippen LogP contribution is 2.28. The zero-order valence-corrected chi connectivity index (χ0v) is 19.0. The number of amides is 1. The minimum absolute atomic E-state index is 0.0122. The van der Waals surface area contributed by atoms with Gasteiger partial charge in [-0.3, -0.25) is 4.79 Å². The first-order valence-electron chi connectivity index (χ1n) is 10.7. The molecular weight excluding hydrogens is 404 g/mol. The zero-order valence-electron chi connectivity index (χ0n) is 19.0. The van der Waals surface area contributed by atoms with Crippen molar-refractivity contribution in [2.24, 2.45) is 0 Å². The van der Waals surface area contributed by atoms with Crippen LogP contribution in [0.1, 0.15) is 21.5 Å². The van der Waals surface area contributed by atoms with E-state index in [1.54, 1.807) is 32.4 Å². The number of carbonyl (C=O) groups is 1. The summed E-state index contributed by atoms with van der Waals surface area (Å²) in [6.45, 7) is 6.85. The summed E-state index contributed by atoms with van der Waals surface area (Å²) in [7, 11) is 3.15. The maximum Gasteiger partial charge on any atom is 0.254 e. The molecule has 166 valence electrons. The van der Waals surface area contributed by atoms with Crippen LogP contribution >= 0.6 is 0 Å². The number of aryl methyl sites for hydroxylation is 2. The van der Waals surface area contributed by atoms with Crippen molar-refractivity contribution >= 4 is 11.7 Å². The molecule has 0 unspecified atom stereocenters. The summed E-state index contributed by atoms with van der Waals surface area (Å²) in [6.07, 6.45) is 0. The van der Waals surface area contributed by atoms with Gasteiger partial charge < -0.3 is 19.3 Å². The molecule has 0 N–H and O–H groups in total. The molecule has 1 aliphatic rings. The molecule has 1 aliphatic heterocycles. The number of aromatic nitrogens is 2. The second kappa shape index (κ2) is 9.26. The molecule has 2 heterocycles. The van der Waals surface area contributed by atoms with Crippen molar-refractivity contribution in [1.29, 1.82) is 0 Å². The van der Waals surface area contributed by atoms with Gasteiger partial charge in [0, 0.05) is 37.3 Å². The lowest BCUT2D eigenvalue weighted by Crippen LogP contribution is -2.49. The van der Waals surface area contributed by atoms with Crippen molar-refractivity contribution in [2.45, 2.75) is 13.8 Å². The monoisotopic (exact) mass is 432 g/mol. The Morgan fingerprint density at radius 2 is 1.56 bits per heavy atom. The molecular formula is C25H28N4O3. The fraction of sp³-hybridized carbons (Fsp3) is 0.320. The molecule has 7 heteroatoms. The number of nitrogens with zero attached hydrogens (tertiary/aromatic N) is 4. The Bertz CT molecular complexity index is 1110. The van der Waals surface area contributed by atoms with E-state index in [0.717, 1.165) is 17.1 Å². The lowest BCUT2D eigenvalue weighted by molar-refractivity contribution is 0.0746. The van der Waals surface area contributed by atoms with Gasteiger partial charge in [-0.15, -0.1) is 10.2 Å². The molecule has 0 radical (unpaired) electrons. The average molecular weight is 433 g/mol. The highest BCUT2D eigenvalue weighted by molar-refractivity contribution is 5.95. The van der Waals surface area contributed by atoms with E-state index in [9.17, 15) is 4.79 Å². The number of carbonyl (C=O) groups excluding carboxylic acids is 1. The maximum atomic E-state index is 12.9. The standard InChI is InChI=1S/C25H28N4O3/c1-17-5-6-19(15-18(17)2)21-8-10-24(27-26-21)28-11-13-29(14-12-28)25(30)20-7-9-22(31-3)23(16-20)32-4/h5-10,15-16H,11-14H2,1-4H3. The highest BCUT2D eigenvalue weighted by Gasteiger charge is 2.24. The quantitative estimate of drug-likeness (QED) is 0.612. The first kappa shape index (κ1) is 21.6. The Kier molecular flexibility index (Phi) is 6.25. The zero-order chi connectivity index (χ0) is 22.7. The number of hydrogen-bond donors (Lipinski definition) is 0. The molecule has 1 fully saturated rings. The fourth-order valence-corrected chi connectivity index (χ4v) is 3.84. The summed E-state index contributed by atoms with van der Waals surface area (Å²) in [5, 5.41) is 8.88. The van der Waals surface area contributed by atoms with Crippen molar-refractivity contribution in [1.82, 2.24) is 15.1 Å². The Labute approximate surface area is 188 Å². The number of rotatable bonds is 5. The van der Waals surface area contributed by atoms with E-state index < -0.39 is 0 Å². The average Bonchev–Trinajstić information content (AvgIpc) is 2.85. The Morgan fingerprint density at radius 3 is 2.19 bits per heavy atom. The van der Waals surface area contributed by atoms with Gasteiger partial charge in [-0.1, -0.05) is 12.1 Å². The third kappa shape index (κ3) is 4.37. The van der Waals surface area contributed by atoms with Crippen molar-refractivity contribution in [3.05, 3.63) is 65.2 Å². The van der Waals surface area contributed by atoms with Crippen LogP contribution in [0.2, 0.25) is 0 Å². The van der Waals surface area contributed by atoms with Gasteiger partial charge in [0.1, 0.15) is 0 Å². The van der Waals surface area contributed by atoms with Crippen LogP contribution in [0.25, 0.3) is 11.3 Å². The number of ether oxygens (including phenoxy) is 2. The van der Waals surface area contributed by atoms with E-state index in [1.165, 1.54) is 11.1 Å². The van der Waals surface area contributed by atoms with E-state index in [0.29, 0.717) is 43.2 Å². The molecule has 0 saturated carbocycles. The van der Waals surface area contributed by atoms with Gasteiger partial charge in [0.2, 0.25) is 0 Å². The van der Waals surface area contributed by atoms with Crippen molar-refractivity contribution in [2.75, 3.05) is 45.3 Å². The molecule has 0 bridgehead atoms. The van der Waals surface area contributed by atoms with Crippen LogP contribution < -0.4 is 14.4 Å². The van der Waals surface area contributed by atoms with E-state index in [1.807, 2.05) is 17.0 Å². The molecule has 7 nitrogen and oxygen atoms in total. The minimum atomic E-state index is -0.0122. The first-order valence-corrected chi connectivity index (χ1v) is 10.7. The SMILES string of the molecule is COc1ccc(C(=O)N2CCN(c3ccc(-c4ccc(C)c(C)c4)nn3)CC2)cc1OC. The molecule has 1 amide bonds. The first-order chi connectivity index (χ1) is 15.5. The molecule has 0 atom stereocenters. The predicted octanol–water partition coefficient (Wildman–Crippen LogP) is 3.74. The van der Waals surface area contributed by atoms with Crippen LogP contribution in [0.3, 0.4) is 0 Å². The Morgan fingerprint density at radius 1 is 0.812 bits per heavy atom. The van der Waals surface area contributed by atoms with Crippen LogP contribution in [0.4, 0.5) is 5.82 Å². The summed E-state index contributed by atoms with van der Waals surface area (Å²) >= 11 is 0. The second-order valence-electron chi connectivity index (χ2n) is 7.92. The molecule has 1 saturated heterocycles. The van der Waals surface area contributed by atoms with Crippen molar-refractivity contribution in [3.63, 3.8) is 0 Å². The van der Waals surface area contributed by atoms with Gasteiger partial charge in [0.05, 0.1) is 19.9 Å². The second-order valence-corrected chi connectivity index (χ2v) is 7.92. The molecule has 3 aromatic rings. The van der Waals surface area contributed by atoms with Gasteiger partial charge in [-0.25, -0.2) is 0 Å². The van der Waals surface area contributed by atoms with Gasteiger partial charge >= 0.3 is 0 Å². The van der Waals surface area contributed by atoms with Crippen LogP contribution in [-0.4, -0.2) is 61.4 Å². The normalized spacial score (nSPS) is 13.8. The van der Waals surface area contributed by atoms with E-state index >= 15 is 0 Å². The highest BCUT2D eigenvalue weighted by atomic mass is 16.5. The third-order valence-electron chi connectivity index (χ3n) is 5.97. The maximum absolute atomic E-state index is 12.9. The molecule has 2 aromatic carbocycles. The Balaban J connectivity index is 1.40. The predicted molar refractivity (Wildman–Crippen MR) is 125 cm³/mol. The van der Waals surface area contributed by atoms with E-state index in [4.69, 9.17) is 9.47 Å². The van der Waals surface area contributed by atoms with Gasteiger partial charge in [-0.2, -0.15) is 0 Å². The van der Waals surface area contributed by atoms with Crippen LogP contribution in [-0.2, 0) is 0 Å². The summed E-state index contributed by atoms with van der Waals surface area (Å²) in [6, 6.07) is 15.6. The van der Waals surface area contributed by atoms with Gasteiger partial charge in [0.25, 0.3) is 5.91 Å². The largest absolute Gasteiger partial charge is 0.493 e. The van der Waals surface area contributed by atoms with Gasteiger partial charge in [0.15, 0.2) is 17.3 Å². The Hall–Kier alpha value is -3.61. The molecule has 0 spiro atoms. The third-order valence-corrected chi connectivity index (χ3v) is 5.97. The number of benzene rings is 2. The number of piperazine rings is 1. The van der Waals surface area contributed by atoms with E-state index in [2.05, 4.69) is 47.1 Å². The number of methoxy groups -OCH3 is 2. The molecule has 4 rings (SSSR count). The summed E-state index contributed by atoms with van der Waals surface area (Å²) in [4.78, 5) is 17.0. The van der Waals surface area contributed by atoms with E-state index in [-0.39, 0.29) is 5.91 Å². The van der Waals surface area contributed by atoms with Gasteiger partial charge in [-0.05, 0) is 61.4 Å². The minimum Gasteiger partial charge on any atom is -0.493 e. The van der Waals surface area contributed by atoms with Crippen molar-refractivity contribution in [3.8, 4) is 22.8 Å². The number of anilines is 1. The van der Waals surface area contributed by atoms with Crippen LogP contribution in [0.5, 0.6) is 11.5 Å². The fourth-order valence-electron chi connectivity index (χ4n) is 3.84. The topological polar surface area (TPSA) is 67.8 Å². The summed E-state index contributed by atoms with van der Waals surface area (Å²) in [5.74, 6) is 1.98. The molecule has 1 aromatic heterocycles. The summed E-state index contributed by atoms with van der Waals surface area (Å²) in [5.41, 5.74) is 5.02. The van der Waals surface area contributed by atoms with Crippen LogP contribution in [0, 0.1) is 13.8 Å².